The summed E-state index contributed by atoms with van der Waals surface area (Å²) in [5, 5.41) is 6.75. The van der Waals surface area contributed by atoms with E-state index in [1.165, 1.54) is 17.1 Å². The Bertz CT molecular complexity index is 1360. The minimum Gasteiger partial charge on any atom is -0.365 e. The second-order valence-corrected chi connectivity index (χ2v) is 8.13. The van der Waals surface area contributed by atoms with Crippen LogP contribution in [0.3, 0.4) is 0 Å². The van der Waals surface area contributed by atoms with Gasteiger partial charge in [-0.05, 0) is 24.1 Å². The third kappa shape index (κ3) is 3.94. The Kier molecular flexibility index (Phi) is 5.21. The molecule has 3 aromatic heterocycles. The molecule has 0 saturated heterocycles. The van der Waals surface area contributed by atoms with Crippen LogP contribution in [0, 0.1) is 6.92 Å². The fourth-order valence-electron chi connectivity index (χ4n) is 3.22. The van der Waals surface area contributed by atoms with Gasteiger partial charge in [0, 0.05) is 18.6 Å². The van der Waals surface area contributed by atoms with Crippen LogP contribution in [0.5, 0.6) is 0 Å². The van der Waals surface area contributed by atoms with Gasteiger partial charge < -0.3 is 11.1 Å². The number of nitrogens with two attached hydrogens (primary N) is 1. The van der Waals surface area contributed by atoms with E-state index in [-0.39, 0.29) is 31.9 Å². The van der Waals surface area contributed by atoms with E-state index in [0.29, 0.717) is 16.9 Å². The number of hydrogen-bond acceptors (Lipinski definition) is 5. The summed E-state index contributed by atoms with van der Waals surface area (Å²) < 4.78 is 42.1. The summed E-state index contributed by atoms with van der Waals surface area (Å²) in [6, 6.07) is 7.75. The lowest BCUT2D eigenvalue weighted by atomic mass is 10.00. The number of aryl methyl sites for hydroxylation is 2. The first kappa shape index (κ1) is 21.5. The van der Waals surface area contributed by atoms with Crippen molar-refractivity contribution in [3.05, 3.63) is 64.4 Å². The number of nitrogens with one attached hydrogen (secondary N) is 1. The number of alkyl halides is 3. The van der Waals surface area contributed by atoms with Crippen LogP contribution >= 0.6 is 11.3 Å². The van der Waals surface area contributed by atoms with Gasteiger partial charge in [0.2, 0.25) is 0 Å². The van der Waals surface area contributed by atoms with Crippen LogP contribution in [0.2, 0.25) is 0 Å². The molecule has 1 aromatic carbocycles. The molecule has 3 N–H and O–H groups in total. The number of carbonyl (C=O) groups excluding carboxylic acids is 2. The quantitative estimate of drug-likeness (QED) is 0.473. The third-order valence-corrected chi connectivity index (χ3v) is 5.84. The summed E-state index contributed by atoms with van der Waals surface area (Å²) in [6.45, 7) is 1.85. The van der Waals surface area contributed by atoms with Crippen molar-refractivity contribution in [2.45, 2.75) is 13.1 Å². The van der Waals surface area contributed by atoms with Gasteiger partial charge in [-0.25, -0.2) is 4.98 Å². The minimum atomic E-state index is -4.70. The second kappa shape index (κ2) is 7.75. The summed E-state index contributed by atoms with van der Waals surface area (Å²) >= 11 is 0.695. The number of aromatic nitrogens is 3. The number of primary amides is 1. The summed E-state index contributed by atoms with van der Waals surface area (Å²) in [5.74, 6) is -1.48. The van der Waals surface area contributed by atoms with Crippen LogP contribution in [0.1, 0.15) is 31.3 Å². The van der Waals surface area contributed by atoms with Gasteiger partial charge in [0.15, 0.2) is 0 Å². The highest BCUT2D eigenvalue weighted by Gasteiger charge is 2.35. The summed E-state index contributed by atoms with van der Waals surface area (Å²) in [5.41, 5.74) is 6.16. The number of hydrogen-bond donors (Lipinski definition) is 2. The molecule has 0 aliphatic carbocycles. The van der Waals surface area contributed by atoms with Gasteiger partial charge in [-0.2, -0.15) is 18.3 Å². The molecule has 0 unspecified atom stereocenters. The van der Waals surface area contributed by atoms with Crippen molar-refractivity contribution in [1.82, 2.24) is 14.8 Å². The van der Waals surface area contributed by atoms with Crippen LogP contribution < -0.4 is 11.1 Å². The van der Waals surface area contributed by atoms with E-state index >= 15 is 0 Å². The van der Waals surface area contributed by atoms with Crippen molar-refractivity contribution >= 4 is 39.1 Å². The molecule has 0 fully saturated rings. The Labute approximate surface area is 183 Å². The first-order valence-corrected chi connectivity index (χ1v) is 10.1. The zero-order valence-electron chi connectivity index (χ0n) is 16.8. The molecule has 0 spiro atoms. The standard InChI is InChI=1S/C21H16F3N5O2S/c1-10-3-5-11(6-4-10)13-7-14(21(22,23)24)27-20-15(13)16(17(32-20)18(25)30)28-19(31)12-8-26-29(2)9-12/h3-9H,1-2H3,(H2,25,30)(H,28,31). The predicted octanol–water partition coefficient (Wildman–Crippen LogP) is 4.38. The molecule has 0 atom stereocenters. The average Bonchev–Trinajstić information content (AvgIpc) is 3.31. The predicted molar refractivity (Wildman–Crippen MR) is 114 cm³/mol. The van der Waals surface area contributed by atoms with Gasteiger partial charge in [-0.3, -0.25) is 14.3 Å². The summed E-state index contributed by atoms with van der Waals surface area (Å²) in [4.78, 5) is 28.4. The molecule has 4 rings (SSSR count). The van der Waals surface area contributed by atoms with Crippen molar-refractivity contribution in [2.24, 2.45) is 12.8 Å². The largest absolute Gasteiger partial charge is 0.433 e. The number of benzene rings is 1. The van der Waals surface area contributed by atoms with Crippen molar-refractivity contribution in [1.29, 1.82) is 0 Å². The second-order valence-electron chi connectivity index (χ2n) is 7.13. The van der Waals surface area contributed by atoms with Gasteiger partial charge >= 0.3 is 6.18 Å². The number of halogens is 3. The molecule has 0 bridgehead atoms. The topological polar surface area (TPSA) is 103 Å². The molecule has 11 heteroatoms. The average molecular weight is 459 g/mol. The molecule has 32 heavy (non-hydrogen) atoms. The van der Waals surface area contributed by atoms with E-state index in [2.05, 4.69) is 15.4 Å². The molecule has 4 aromatic rings. The van der Waals surface area contributed by atoms with Crippen LogP contribution in [0.4, 0.5) is 18.9 Å². The Morgan fingerprint density at radius 3 is 2.44 bits per heavy atom. The minimum absolute atomic E-state index is 0.0168. The van der Waals surface area contributed by atoms with E-state index in [1.54, 1.807) is 31.3 Å². The molecule has 2 amide bonds. The number of fused-ring (bicyclic) bond motifs is 1. The van der Waals surface area contributed by atoms with Gasteiger partial charge in [0.05, 0.1) is 17.4 Å². The van der Waals surface area contributed by atoms with E-state index in [0.717, 1.165) is 11.6 Å². The maximum Gasteiger partial charge on any atom is 0.433 e. The molecule has 0 saturated carbocycles. The molecule has 164 valence electrons. The summed E-state index contributed by atoms with van der Waals surface area (Å²) in [6.07, 6.45) is -1.91. The lowest BCUT2D eigenvalue weighted by Gasteiger charge is -2.12. The maximum atomic E-state index is 13.5. The molecule has 0 aliphatic heterocycles. The van der Waals surface area contributed by atoms with Crippen molar-refractivity contribution in [3.63, 3.8) is 0 Å². The van der Waals surface area contributed by atoms with Crippen molar-refractivity contribution < 1.29 is 22.8 Å². The molecule has 0 aliphatic rings. The third-order valence-electron chi connectivity index (χ3n) is 4.74. The van der Waals surface area contributed by atoms with Gasteiger partial charge in [-0.1, -0.05) is 29.8 Å². The fourth-order valence-corrected chi connectivity index (χ4v) is 4.23. The number of anilines is 1. The van der Waals surface area contributed by atoms with Gasteiger partial charge in [0.25, 0.3) is 11.8 Å². The Hall–Kier alpha value is -3.73. The number of pyridine rings is 1. The lowest BCUT2D eigenvalue weighted by Crippen LogP contribution is -2.16. The lowest BCUT2D eigenvalue weighted by molar-refractivity contribution is -0.140. The normalized spacial score (nSPS) is 11.7. The smallest absolute Gasteiger partial charge is 0.365 e. The van der Waals surface area contributed by atoms with E-state index in [9.17, 15) is 22.8 Å². The highest BCUT2D eigenvalue weighted by Crippen LogP contribution is 2.43. The molecule has 7 nitrogen and oxygen atoms in total. The monoisotopic (exact) mass is 459 g/mol. The summed E-state index contributed by atoms with van der Waals surface area (Å²) in [7, 11) is 1.63. The zero-order valence-corrected chi connectivity index (χ0v) is 17.6. The molecular formula is C21H16F3N5O2S. The van der Waals surface area contributed by atoms with Crippen LogP contribution in [-0.4, -0.2) is 26.6 Å². The number of amides is 2. The highest BCUT2D eigenvalue weighted by molar-refractivity contribution is 7.21. The Morgan fingerprint density at radius 1 is 1.19 bits per heavy atom. The number of nitrogens with zero attached hydrogens (tertiary/aromatic N) is 3. The number of rotatable bonds is 4. The SMILES string of the molecule is Cc1ccc(-c2cc(C(F)(F)F)nc3sc(C(N)=O)c(NC(=O)c4cnn(C)c4)c23)cc1. The van der Waals surface area contributed by atoms with Crippen molar-refractivity contribution in [2.75, 3.05) is 5.32 Å². The van der Waals surface area contributed by atoms with Crippen LogP contribution in [0.15, 0.2) is 42.7 Å². The van der Waals surface area contributed by atoms with Gasteiger partial charge in [0.1, 0.15) is 15.4 Å². The van der Waals surface area contributed by atoms with E-state index in [1.807, 2.05) is 6.92 Å². The highest BCUT2D eigenvalue weighted by atomic mass is 32.1. The van der Waals surface area contributed by atoms with Crippen LogP contribution in [-0.2, 0) is 13.2 Å². The van der Waals surface area contributed by atoms with E-state index < -0.39 is 23.7 Å². The molecule has 3 heterocycles. The van der Waals surface area contributed by atoms with Crippen LogP contribution in [0.25, 0.3) is 21.3 Å². The Balaban J connectivity index is 1.99. The fraction of sp³-hybridized carbons (Fsp3) is 0.143. The van der Waals surface area contributed by atoms with Gasteiger partial charge in [-0.15, -0.1) is 11.3 Å². The zero-order chi connectivity index (χ0) is 23.2. The Morgan fingerprint density at radius 2 is 1.88 bits per heavy atom. The molecule has 0 radical (unpaired) electrons. The number of carbonyl (C=O) groups is 2. The first-order chi connectivity index (χ1) is 15.0. The number of thiophene rings is 1. The van der Waals surface area contributed by atoms with Crippen molar-refractivity contribution in [3.8, 4) is 11.1 Å². The maximum absolute atomic E-state index is 13.5. The molecular weight excluding hydrogens is 443 g/mol. The first-order valence-electron chi connectivity index (χ1n) is 9.26. The van der Waals surface area contributed by atoms with E-state index in [4.69, 9.17) is 5.73 Å².